The van der Waals surface area contributed by atoms with Crippen molar-refractivity contribution < 1.29 is 32.4 Å². The van der Waals surface area contributed by atoms with E-state index < -0.39 is 33.4 Å². The van der Waals surface area contributed by atoms with Crippen molar-refractivity contribution in [3.05, 3.63) is 58.1 Å². The van der Waals surface area contributed by atoms with Crippen molar-refractivity contribution >= 4 is 33.2 Å². The SMILES string of the molecule is CCNC(=O)C(CC)N(Cc1cccc(OC)c1)C(=O)CN(c1cc([N+](=O)[O-])ccc1OC)S(C)(=O)=O. The van der Waals surface area contributed by atoms with Gasteiger partial charge in [-0.2, -0.15) is 0 Å². The number of likely N-dealkylation sites (N-methyl/N-ethyl adjacent to an activating group) is 1. The molecule has 0 bridgehead atoms. The Bertz CT molecular complexity index is 1240. The Morgan fingerprint density at radius 1 is 1.11 bits per heavy atom. The molecule has 0 radical (unpaired) electrons. The smallest absolute Gasteiger partial charge is 0.271 e. The Morgan fingerprint density at radius 2 is 1.81 bits per heavy atom. The lowest BCUT2D eigenvalue weighted by Gasteiger charge is -2.33. The van der Waals surface area contributed by atoms with Crippen LogP contribution in [-0.2, 0) is 26.2 Å². The molecule has 1 atom stereocenters. The first-order valence-corrected chi connectivity index (χ1v) is 13.3. The van der Waals surface area contributed by atoms with Crippen LogP contribution in [0.2, 0.25) is 0 Å². The van der Waals surface area contributed by atoms with Gasteiger partial charge < -0.3 is 19.7 Å². The van der Waals surface area contributed by atoms with Gasteiger partial charge in [0.2, 0.25) is 21.8 Å². The second kappa shape index (κ2) is 12.9. The summed E-state index contributed by atoms with van der Waals surface area (Å²) in [5, 5.41) is 14.1. The van der Waals surface area contributed by atoms with E-state index in [0.717, 1.165) is 16.6 Å². The van der Waals surface area contributed by atoms with E-state index in [4.69, 9.17) is 9.47 Å². The Balaban J connectivity index is 2.57. The number of amides is 2. The first kappa shape index (κ1) is 29.4. The van der Waals surface area contributed by atoms with Crippen LogP contribution in [0.15, 0.2) is 42.5 Å². The molecule has 0 heterocycles. The number of non-ortho nitro benzene ring substituents is 1. The van der Waals surface area contributed by atoms with E-state index >= 15 is 0 Å². The molecule has 2 aromatic rings. The lowest BCUT2D eigenvalue weighted by molar-refractivity contribution is -0.384. The van der Waals surface area contributed by atoms with Crippen LogP contribution in [0.1, 0.15) is 25.8 Å². The van der Waals surface area contributed by atoms with Crippen LogP contribution in [0.5, 0.6) is 11.5 Å². The summed E-state index contributed by atoms with van der Waals surface area (Å²) >= 11 is 0. The number of hydrogen-bond donors (Lipinski definition) is 1. The van der Waals surface area contributed by atoms with Gasteiger partial charge in [-0.3, -0.25) is 24.0 Å². The molecular formula is C24H32N4O8S. The quantitative estimate of drug-likeness (QED) is 0.303. The molecule has 0 aromatic heterocycles. The molecule has 1 N–H and O–H groups in total. The van der Waals surface area contributed by atoms with Gasteiger partial charge >= 0.3 is 0 Å². The van der Waals surface area contributed by atoms with Crippen molar-refractivity contribution in [2.45, 2.75) is 32.9 Å². The summed E-state index contributed by atoms with van der Waals surface area (Å²) in [4.78, 5) is 38.5. The fourth-order valence-electron chi connectivity index (χ4n) is 3.76. The predicted molar refractivity (Wildman–Crippen MR) is 138 cm³/mol. The van der Waals surface area contributed by atoms with E-state index in [1.165, 1.54) is 31.3 Å². The van der Waals surface area contributed by atoms with E-state index in [2.05, 4.69) is 5.32 Å². The van der Waals surface area contributed by atoms with Gasteiger partial charge in [-0.25, -0.2) is 8.42 Å². The molecule has 12 nitrogen and oxygen atoms in total. The topological polar surface area (TPSA) is 148 Å². The average Bonchev–Trinajstić information content (AvgIpc) is 2.86. The first-order chi connectivity index (χ1) is 17.5. The molecule has 0 aliphatic rings. The number of nitrogens with one attached hydrogen (secondary N) is 1. The summed E-state index contributed by atoms with van der Waals surface area (Å²) in [6.07, 6.45) is 1.15. The highest BCUT2D eigenvalue weighted by Crippen LogP contribution is 2.34. The number of benzene rings is 2. The third-order valence-corrected chi connectivity index (χ3v) is 6.67. The van der Waals surface area contributed by atoms with Crippen molar-refractivity contribution in [1.29, 1.82) is 0 Å². The summed E-state index contributed by atoms with van der Waals surface area (Å²) in [7, 11) is -1.32. The summed E-state index contributed by atoms with van der Waals surface area (Å²) in [5.74, 6) is -0.492. The van der Waals surface area contributed by atoms with Crippen LogP contribution in [0, 0.1) is 10.1 Å². The summed E-state index contributed by atoms with van der Waals surface area (Å²) in [6.45, 7) is 3.12. The average molecular weight is 537 g/mol. The summed E-state index contributed by atoms with van der Waals surface area (Å²) < 4.78 is 36.8. The van der Waals surface area contributed by atoms with Gasteiger partial charge in [0.1, 0.15) is 29.8 Å². The van der Waals surface area contributed by atoms with Gasteiger partial charge in [-0.05, 0) is 37.1 Å². The van der Waals surface area contributed by atoms with Gasteiger partial charge in [-0.15, -0.1) is 0 Å². The van der Waals surface area contributed by atoms with E-state index in [0.29, 0.717) is 17.9 Å². The second-order valence-corrected chi connectivity index (χ2v) is 9.98. The molecule has 0 spiro atoms. The highest BCUT2D eigenvalue weighted by molar-refractivity contribution is 7.92. The number of ether oxygens (including phenoxy) is 2. The monoisotopic (exact) mass is 536 g/mol. The Kier molecular flexibility index (Phi) is 10.2. The molecule has 13 heteroatoms. The number of carbonyl (C=O) groups is 2. The van der Waals surface area contributed by atoms with E-state index in [-0.39, 0.29) is 36.0 Å². The van der Waals surface area contributed by atoms with Crippen LogP contribution in [0.25, 0.3) is 0 Å². The standard InChI is InChI=1S/C24H32N4O8S/c1-6-20(24(30)25-7-2)26(15-17-9-8-10-19(13-17)35-3)23(29)16-27(37(5,33)34)21-14-18(28(31)32)11-12-22(21)36-4/h8-14,20H,6-7,15-16H2,1-5H3,(H,25,30). The third kappa shape index (κ3) is 7.56. The van der Waals surface area contributed by atoms with Crippen LogP contribution < -0.4 is 19.1 Å². The van der Waals surface area contributed by atoms with Crippen molar-refractivity contribution in [2.24, 2.45) is 0 Å². The Morgan fingerprint density at radius 3 is 2.35 bits per heavy atom. The zero-order chi connectivity index (χ0) is 27.8. The number of carbonyl (C=O) groups excluding carboxylic acids is 2. The lowest BCUT2D eigenvalue weighted by atomic mass is 10.1. The molecule has 0 fully saturated rings. The number of nitro groups is 1. The van der Waals surface area contributed by atoms with Crippen LogP contribution >= 0.6 is 0 Å². The number of rotatable bonds is 13. The maximum atomic E-state index is 13.7. The number of methoxy groups -OCH3 is 2. The normalized spacial score (nSPS) is 11.8. The molecule has 0 saturated heterocycles. The van der Waals surface area contributed by atoms with E-state index in [9.17, 15) is 28.1 Å². The lowest BCUT2D eigenvalue weighted by Crippen LogP contribution is -2.52. The largest absolute Gasteiger partial charge is 0.497 e. The van der Waals surface area contributed by atoms with Gasteiger partial charge in [0.25, 0.3) is 5.69 Å². The zero-order valence-electron chi connectivity index (χ0n) is 21.5. The van der Waals surface area contributed by atoms with Crippen molar-refractivity contribution in [2.75, 3.05) is 37.9 Å². The fraction of sp³-hybridized carbons (Fsp3) is 0.417. The van der Waals surface area contributed by atoms with Crippen LogP contribution in [-0.4, -0.2) is 69.7 Å². The van der Waals surface area contributed by atoms with Crippen LogP contribution in [0.4, 0.5) is 11.4 Å². The molecular weight excluding hydrogens is 504 g/mol. The molecule has 1 unspecified atom stereocenters. The minimum atomic E-state index is -4.11. The predicted octanol–water partition coefficient (Wildman–Crippen LogP) is 2.32. The molecule has 2 aromatic carbocycles. The highest BCUT2D eigenvalue weighted by atomic mass is 32.2. The number of hydrogen-bond acceptors (Lipinski definition) is 8. The minimum Gasteiger partial charge on any atom is -0.497 e. The highest BCUT2D eigenvalue weighted by Gasteiger charge is 2.33. The van der Waals surface area contributed by atoms with Crippen molar-refractivity contribution in [3.8, 4) is 11.5 Å². The Hall–Kier alpha value is -3.87. The summed E-state index contributed by atoms with van der Waals surface area (Å²) in [5.41, 5.74) is 0.119. The third-order valence-electron chi connectivity index (χ3n) is 5.55. The zero-order valence-corrected chi connectivity index (χ0v) is 22.3. The molecule has 0 aliphatic heterocycles. The Labute approximate surface area is 216 Å². The van der Waals surface area contributed by atoms with Crippen molar-refractivity contribution in [3.63, 3.8) is 0 Å². The maximum Gasteiger partial charge on any atom is 0.271 e. The van der Waals surface area contributed by atoms with Gasteiger partial charge in [0.05, 0.1) is 25.4 Å². The van der Waals surface area contributed by atoms with Crippen molar-refractivity contribution in [1.82, 2.24) is 10.2 Å². The number of nitro benzene ring substituents is 1. The van der Waals surface area contributed by atoms with E-state index in [1.54, 1.807) is 38.1 Å². The summed E-state index contributed by atoms with van der Waals surface area (Å²) in [6, 6.07) is 9.49. The number of anilines is 1. The van der Waals surface area contributed by atoms with Gasteiger partial charge in [0, 0.05) is 25.2 Å². The molecule has 2 rings (SSSR count). The van der Waals surface area contributed by atoms with E-state index in [1.807, 2.05) is 0 Å². The van der Waals surface area contributed by atoms with Gasteiger partial charge in [-0.1, -0.05) is 19.1 Å². The fourth-order valence-corrected chi connectivity index (χ4v) is 4.61. The second-order valence-electron chi connectivity index (χ2n) is 8.07. The number of sulfonamides is 1. The minimum absolute atomic E-state index is 0.00461. The molecule has 37 heavy (non-hydrogen) atoms. The maximum absolute atomic E-state index is 13.7. The first-order valence-electron chi connectivity index (χ1n) is 11.5. The number of nitrogens with zero attached hydrogens (tertiary/aromatic N) is 3. The molecule has 2 amide bonds. The molecule has 0 saturated carbocycles. The molecule has 0 aliphatic carbocycles. The van der Waals surface area contributed by atoms with Crippen LogP contribution in [0.3, 0.4) is 0 Å². The van der Waals surface area contributed by atoms with Gasteiger partial charge in [0.15, 0.2) is 0 Å². The molecule has 202 valence electrons.